The Morgan fingerprint density at radius 2 is 2.06 bits per heavy atom. The molecule has 0 saturated carbocycles. The highest BCUT2D eigenvalue weighted by atomic mass is 16.5. The van der Waals surface area contributed by atoms with Crippen LogP contribution < -0.4 is 0 Å². The summed E-state index contributed by atoms with van der Waals surface area (Å²) in [6.45, 7) is 6.70. The zero-order valence-corrected chi connectivity index (χ0v) is 10.6. The van der Waals surface area contributed by atoms with E-state index < -0.39 is 0 Å². The van der Waals surface area contributed by atoms with Crippen LogP contribution in [-0.4, -0.2) is 19.8 Å². The van der Waals surface area contributed by atoms with E-state index in [2.05, 4.69) is 26.0 Å². The molecule has 17 heavy (non-hydrogen) atoms. The van der Waals surface area contributed by atoms with Gasteiger partial charge < -0.3 is 9.47 Å². The zero-order valence-electron chi connectivity index (χ0n) is 10.6. The fourth-order valence-electron chi connectivity index (χ4n) is 1.89. The maximum Gasteiger partial charge on any atom is 0.0973 e. The molecule has 1 fully saturated rings. The second-order valence-corrected chi connectivity index (χ2v) is 4.82. The predicted molar refractivity (Wildman–Crippen MR) is 69.6 cm³/mol. The molecule has 0 atom stereocenters. The number of rotatable bonds is 5. The van der Waals surface area contributed by atoms with Gasteiger partial charge in [-0.15, -0.1) is 0 Å². The third-order valence-electron chi connectivity index (χ3n) is 3.45. The molecule has 0 spiro atoms. The van der Waals surface area contributed by atoms with Crippen LogP contribution in [0.5, 0.6) is 0 Å². The van der Waals surface area contributed by atoms with E-state index in [0.29, 0.717) is 0 Å². The lowest BCUT2D eigenvalue weighted by Crippen LogP contribution is -2.45. The molecule has 1 heterocycles. The molecule has 0 unspecified atom stereocenters. The highest BCUT2D eigenvalue weighted by Crippen LogP contribution is 2.31. The van der Waals surface area contributed by atoms with Gasteiger partial charge in [-0.05, 0) is 24.5 Å². The molecule has 0 amide bonds. The fraction of sp³-hybridized carbons (Fsp3) is 0.467. The zero-order chi connectivity index (χ0) is 12.1. The fourth-order valence-corrected chi connectivity index (χ4v) is 1.89. The number of ether oxygens (including phenoxy) is 2. The Labute approximate surface area is 103 Å². The lowest BCUT2D eigenvalue weighted by Gasteiger charge is -2.39. The van der Waals surface area contributed by atoms with Crippen LogP contribution in [0, 0.1) is 5.41 Å². The second kappa shape index (κ2) is 5.37. The third-order valence-corrected chi connectivity index (χ3v) is 3.45. The van der Waals surface area contributed by atoms with E-state index in [-0.39, 0.29) is 5.41 Å². The Hall–Kier alpha value is -1.28. The number of benzene rings is 1. The van der Waals surface area contributed by atoms with Crippen LogP contribution in [0.3, 0.4) is 0 Å². The number of allylic oxidation sites excluding steroid dienone is 1. The van der Waals surface area contributed by atoms with Gasteiger partial charge in [-0.2, -0.15) is 0 Å². The van der Waals surface area contributed by atoms with Crippen LogP contribution >= 0.6 is 0 Å². The van der Waals surface area contributed by atoms with Crippen molar-refractivity contribution < 1.29 is 9.47 Å². The molecular formula is C15H20O2. The van der Waals surface area contributed by atoms with E-state index in [4.69, 9.17) is 9.47 Å². The monoisotopic (exact) mass is 232 g/mol. The van der Waals surface area contributed by atoms with Gasteiger partial charge in [-0.1, -0.05) is 37.3 Å². The molecule has 1 aliphatic rings. The first-order chi connectivity index (χ1) is 8.26. The lowest BCUT2D eigenvalue weighted by atomic mass is 9.84. The molecular weight excluding hydrogens is 212 g/mol. The van der Waals surface area contributed by atoms with Gasteiger partial charge in [0.15, 0.2) is 0 Å². The van der Waals surface area contributed by atoms with Crippen LogP contribution in [0.4, 0.5) is 0 Å². The molecule has 1 saturated heterocycles. The average molecular weight is 232 g/mol. The van der Waals surface area contributed by atoms with Crippen molar-refractivity contribution in [3.05, 3.63) is 42.2 Å². The Morgan fingerprint density at radius 3 is 2.59 bits per heavy atom. The van der Waals surface area contributed by atoms with Crippen LogP contribution in [0.25, 0.3) is 5.57 Å². The Balaban J connectivity index is 1.88. The summed E-state index contributed by atoms with van der Waals surface area (Å²) in [6.07, 6.45) is 2.98. The number of hydrogen-bond acceptors (Lipinski definition) is 2. The topological polar surface area (TPSA) is 18.5 Å². The van der Waals surface area contributed by atoms with Crippen molar-refractivity contribution in [2.75, 3.05) is 19.8 Å². The predicted octanol–water partition coefficient (Wildman–Crippen LogP) is 3.49. The van der Waals surface area contributed by atoms with Crippen LogP contribution in [0.2, 0.25) is 0 Å². The average Bonchev–Trinajstić information content (AvgIpc) is 2.33. The van der Waals surface area contributed by atoms with Crippen molar-refractivity contribution in [2.45, 2.75) is 20.3 Å². The first kappa shape index (κ1) is 12.2. The van der Waals surface area contributed by atoms with E-state index >= 15 is 0 Å². The molecule has 1 aromatic rings. The molecule has 1 aliphatic heterocycles. The summed E-state index contributed by atoms with van der Waals surface area (Å²) in [4.78, 5) is 0. The normalized spacial score (nSPS) is 18.6. The van der Waals surface area contributed by atoms with E-state index in [9.17, 15) is 0 Å². The van der Waals surface area contributed by atoms with Gasteiger partial charge >= 0.3 is 0 Å². The van der Waals surface area contributed by atoms with Crippen LogP contribution in [-0.2, 0) is 9.47 Å². The van der Waals surface area contributed by atoms with E-state index in [1.165, 1.54) is 5.56 Å². The molecule has 0 N–H and O–H groups in total. The Morgan fingerprint density at radius 1 is 1.35 bits per heavy atom. The van der Waals surface area contributed by atoms with Crippen molar-refractivity contribution in [1.82, 2.24) is 0 Å². The first-order valence-corrected chi connectivity index (χ1v) is 6.17. The van der Waals surface area contributed by atoms with Gasteiger partial charge in [0.1, 0.15) is 0 Å². The molecule has 2 heteroatoms. The maximum absolute atomic E-state index is 5.71. The van der Waals surface area contributed by atoms with Gasteiger partial charge in [0.2, 0.25) is 0 Å². The second-order valence-electron chi connectivity index (χ2n) is 4.82. The lowest BCUT2D eigenvalue weighted by molar-refractivity contribution is -0.139. The van der Waals surface area contributed by atoms with Gasteiger partial charge in [0.05, 0.1) is 31.5 Å². The highest BCUT2D eigenvalue weighted by molar-refractivity contribution is 5.62. The minimum atomic E-state index is 0.257. The minimum absolute atomic E-state index is 0.257. The summed E-state index contributed by atoms with van der Waals surface area (Å²) in [5, 5.41) is 0. The summed E-state index contributed by atoms with van der Waals surface area (Å²) in [5.74, 6) is 0. The molecule has 0 radical (unpaired) electrons. The molecule has 0 aromatic heterocycles. The maximum atomic E-state index is 5.71. The van der Waals surface area contributed by atoms with Crippen molar-refractivity contribution in [1.29, 1.82) is 0 Å². The molecule has 2 nitrogen and oxygen atoms in total. The SMILES string of the molecule is CCC1(CO/C=C(/C)c2ccccc2)COC1. The summed E-state index contributed by atoms with van der Waals surface area (Å²) in [6, 6.07) is 10.3. The summed E-state index contributed by atoms with van der Waals surface area (Å²) in [7, 11) is 0. The molecule has 2 rings (SSSR count). The standard InChI is InChI=1S/C15H20O2/c1-3-15(11-17-12-15)10-16-9-13(2)14-7-5-4-6-8-14/h4-9H,3,10-12H2,1-2H3/b13-9-. The van der Waals surface area contributed by atoms with Crippen molar-refractivity contribution >= 4 is 5.57 Å². The van der Waals surface area contributed by atoms with Gasteiger partial charge in [0, 0.05) is 0 Å². The third kappa shape index (κ3) is 2.89. The summed E-state index contributed by atoms with van der Waals surface area (Å²) in [5.41, 5.74) is 2.63. The number of hydrogen-bond donors (Lipinski definition) is 0. The van der Waals surface area contributed by atoms with Crippen molar-refractivity contribution in [3.63, 3.8) is 0 Å². The smallest absolute Gasteiger partial charge is 0.0973 e. The summed E-state index contributed by atoms with van der Waals surface area (Å²) < 4.78 is 11.0. The quantitative estimate of drug-likeness (QED) is 0.723. The minimum Gasteiger partial charge on any atom is -0.500 e. The van der Waals surface area contributed by atoms with Crippen LogP contribution in [0.1, 0.15) is 25.8 Å². The highest BCUT2D eigenvalue weighted by Gasteiger charge is 2.37. The molecule has 0 bridgehead atoms. The van der Waals surface area contributed by atoms with Gasteiger partial charge in [-0.3, -0.25) is 0 Å². The van der Waals surface area contributed by atoms with Gasteiger partial charge in [-0.25, -0.2) is 0 Å². The summed E-state index contributed by atoms with van der Waals surface area (Å²) >= 11 is 0. The first-order valence-electron chi connectivity index (χ1n) is 6.17. The van der Waals surface area contributed by atoms with E-state index in [1.54, 1.807) is 0 Å². The molecule has 0 aliphatic carbocycles. The largest absolute Gasteiger partial charge is 0.500 e. The van der Waals surface area contributed by atoms with Crippen molar-refractivity contribution in [2.24, 2.45) is 5.41 Å². The molecule has 92 valence electrons. The molecule has 1 aromatic carbocycles. The van der Waals surface area contributed by atoms with E-state index in [0.717, 1.165) is 31.8 Å². The Bertz CT molecular complexity index is 372. The van der Waals surface area contributed by atoms with Crippen molar-refractivity contribution in [3.8, 4) is 0 Å². The van der Waals surface area contributed by atoms with Gasteiger partial charge in [0.25, 0.3) is 0 Å². The van der Waals surface area contributed by atoms with Crippen LogP contribution in [0.15, 0.2) is 36.6 Å². The Kier molecular flexibility index (Phi) is 3.85. The van der Waals surface area contributed by atoms with E-state index in [1.807, 2.05) is 24.5 Å².